The Morgan fingerprint density at radius 1 is 0.711 bits per heavy atom. The van der Waals surface area contributed by atoms with Crippen LogP contribution in [0.3, 0.4) is 0 Å². The van der Waals surface area contributed by atoms with Gasteiger partial charge in [0.05, 0.1) is 19.8 Å². The summed E-state index contributed by atoms with van der Waals surface area (Å²) in [6.45, 7) is 18.9. The van der Waals surface area contributed by atoms with E-state index in [0.29, 0.717) is 6.61 Å². The molecule has 1 aliphatic rings. The van der Waals surface area contributed by atoms with Crippen LogP contribution in [0.25, 0.3) is 0 Å². The molecule has 1 heterocycles. The van der Waals surface area contributed by atoms with Crippen LogP contribution in [0.15, 0.2) is 66.7 Å². The van der Waals surface area contributed by atoms with Gasteiger partial charge in [0.15, 0.2) is 0 Å². The third-order valence-corrected chi connectivity index (χ3v) is 7.69. The molecule has 0 bridgehead atoms. The molecule has 1 fully saturated rings. The van der Waals surface area contributed by atoms with Crippen molar-refractivity contribution >= 4 is 17.1 Å². The second kappa shape index (κ2) is 13.6. The van der Waals surface area contributed by atoms with Gasteiger partial charge in [-0.05, 0) is 76.1 Å². The lowest BCUT2D eigenvalue weighted by atomic mass is 9.84. The Morgan fingerprint density at radius 3 is 1.66 bits per heavy atom. The highest BCUT2D eigenvalue weighted by Gasteiger charge is 2.23. The van der Waals surface area contributed by atoms with Gasteiger partial charge in [-0.1, -0.05) is 30.3 Å². The first kappa shape index (κ1) is 27.8. The molecular formula is C33H45N3O2. The van der Waals surface area contributed by atoms with Crippen LogP contribution in [-0.4, -0.2) is 59.1 Å². The monoisotopic (exact) mass is 515 g/mol. The van der Waals surface area contributed by atoms with Gasteiger partial charge in [-0.25, -0.2) is 0 Å². The molecule has 3 aromatic carbocycles. The van der Waals surface area contributed by atoms with E-state index in [2.05, 4.69) is 116 Å². The average molecular weight is 516 g/mol. The molecule has 0 unspecified atom stereocenters. The topological polar surface area (TPSA) is 28.2 Å². The Kier molecular flexibility index (Phi) is 9.94. The summed E-state index contributed by atoms with van der Waals surface area (Å²) in [6.07, 6.45) is 0. The van der Waals surface area contributed by atoms with Crippen LogP contribution in [0.1, 0.15) is 57.2 Å². The van der Waals surface area contributed by atoms with Crippen molar-refractivity contribution in [3.63, 3.8) is 0 Å². The van der Waals surface area contributed by atoms with E-state index in [4.69, 9.17) is 9.47 Å². The van der Waals surface area contributed by atoms with E-state index >= 15 is 0 Å². The maximum absolute atomic E-state index is 6.31. The van der Waals surface area contributed by atoms with Gasteiger partial charge < -0.3 is 24.2 Å². The van der Waals surface area contributed by atoms with Crippen molar-refractivity contribution in [2.75, 3.05) is 73.8 Å². The summed E-state index contributed by atoms with van der Waals surface area (Å²) < 4.78 is 11.9. The van der Waals surface area contributed by atoms with Gasteiger partial charge in [0.1, 0.15) is 5.75 Å². The maximum atomic E-state index is 6.31. The molecule has 1 saturated heterocycles. The average Bonchev–Trinajstić information content (AvgIpc) is 2.97. The molecule has 204 valence electrons. The van der Waals surface area contributed by atoms with E-state index in [1.54, 1.807) is 0 Å². The summed E-state index contributed by atoms with van der Waals surface area (Å²) >= 11 is 0. The lowest BCUT2D eigenvalue weighted by Gasteiger charge is -2.30. The molecule has 0 aliphatic carbocycles. The molecule has 0 radical (unpaired) electrons. The van der Waals surface area contributed by atoms with Crippen LogP contribution in [0, 0.1) is 0 Å². The normalized spacial score (nSPS) is 13.6. The highest BCUT2D eigenvalue weighted by molar-refractivity contribution is 5.60. The first-order valence-electron chi connectivity index (χ1n) is 14.4. The van der Waals surface area contributed by atoms with Gasteiger partial charge >= 0.3 is 0 Å². The van der Waals surface area contributed by atoms with Gasteiger partial charge in [-0.3, -0.25) is 0 Å². The predicted octanol–water partition coefficient (Wildman–Crippen LogP) is 6.79. The third kappa shape index (κ3) is 6.27. The number of anilines is 3. The summed E-state index contributed by atoms with van der Waals surface area (Å²) in [5.74, 6) is 1.04. The number of morpholine rings is 1. The fourth-order valence-corrected chi connectivity index (χ4v) is 5.54. The lowest BCUT2D eigenvalue weighted by molar-refractivity contribution is 0.122. The Bertz CT molecular complexity index is 1060. The molecule has 3 aromatic rings. The van der Waals surface area contributed by atoms with E-state index in [9.17, 15) is 0 Å². The van der Waals surface area contributed by atoms with Crippen molar-refractivity contribution in [1.82, 2.24) is 0 Å². The largest absolute Gasteiger partial charge is 0.493 e. The van der Waals surface area contributed by atoms with E-state index in [1.165, 1.54) is 33.8 Å². The molecule has 5 nitrogen and oxygen atoms in total. The Morgan fingerprint density at radius 2 is 1.21 bits per heavy atom. The van der Waals surface area contributed by atoms with Crippen molar-refractivity contribution in [3.05, 3.63) is 83.4 Å². The van der Waals surface area contributed by atoms with Crippen molar-refractivity contribution in [1.29, 1.82) is 0 Å². The van der Waals surface area contributed by atoms with Crippen LogP contribution in [0.5, 0.6) is 5.75 Å². The molecule has 4 rings (SSSR count). The Balaban J connectivity index is 1.78. The molecule has 38 heavy (non-hydrogen) atoms. The second-order valence-corrected chi connectivity index (χ2v) is 9.72. The summed E-state index contributed by atoms with van der Waals surface area (Å²) in [5, 5.41) is 0. The number of ether oxygens (including phenoxy) is 2. The molecular weight excluding hydrogens is 470 g/mol. The third-order valence-electron chi connectivity index (χ3n) is 7.69. The number of benzene rings is 3. The van der Waals surface area contributed by atoms with Gasteiger partial charge in [0, 0.05) is 73.9 Å². The molecule has 0 aromatic heterocycles. The smallest absolute Gasteiger partial charge is 0.125 e. The zero-order valence-corrected chi connectivity index (χ0v) is 24.0. The number of rotatable bonds is 12. The van der Waals surface area contributed by atoms with E-state index in [1.807, 2.05) is 0 Å². The molecule has 0 N–H and O–H groups in total. The van der Waals surface area contributed by atoms with Crippen molar-refractivity contribution in [2.45, 2.75) is 40.5 Å². The summed E-state index contributed by atoms with van der Waals surface area (Å²) in [6, 6.07) is 25.0. The highest BCUT2D eigenvalue weighted by atomic mass is 16.5. The van der Waals surface area contributed by atoms with Gasteiger partial charge in [0.2, 0.25) is 0 Å². The number of nitrogens with zero attached hydrogens (tertiary/aromatic N) is 3. The van der Waals surface area contributed by atoms with Crippen LogP contribution in [0.2, 0.25) is 0 Å². The van der Waals surface area contributed by atoms with Crippen molar-refractivity contribution in [2.24, 2.45) is 0 Å². The Hall–Kier alpha value is -3.18. The standard InChI is InChI=1S/C33H45N3O2/c1-6-34(7-2)28-15-11-26(12-16-28)33(27-13-17-29(18-14-27)35(8-3)9-4)31-20-19-30(25-32(31)38-10-5)36-21-23-37-24-22-36/h11-20,25,33H,6-10,21-24H2,1-5H3. The summed E-state index contributed by atoms with van der Waals surface area (Å²) in [7, 11) is 0. The quantitative estimate of drug-likeness (QED) is 0.248. The maximum Gasteiger partial charge on any atom is 0.125 e. The van der Waals surface area contributed by atoms with Crippen molar-refractivity contribution in [3.8, 4) is 5.75 Å². The summed E-state index contributed by atoms with van der Waals surface area (Å²) in [5.41, 5.74) is 7.49. The number of hydrogen-bond acceptors (Lipinski definition) is 5. The van der Waals surface area contributed by atoms with Gasteiger partial charge in [-0.15, -0.1) is 0 Å². The molecule has 1 aliphatic heterocycles. The lowest BCUT2D eigenvalue weighted by Crippen LogP contribution is -2.36. The first-order valence-corrected chi connectivity index (χ1v) is 14.4. The van der Waals surface area contributed by atoms with Crippen LogP contribution >= 0.6 is 0 Å². The molecule has 0 atom stereocenters. The second-order valence-electron chi connectivity index (χ2n) is 9.72. The van der Waals surface area contributed by atoms with Gasteiger partial charge in [-0.2, -0.15) is 0 Å². The van der Waals surface area contributed by atoms with E-state index < -0.39 is 0 Å². The number of hydrogen-bond donors (Lipinski definition) is 0. The fourth-order valence-electron chi connectivity index (χ4n) is 5.54. The minimum absolute atomic E-state index is 0.0757. The van der Waals surface area contributed by atoms with Gasteiger partial charge in [0.25, 0.3) is 0 Å². The molecule has 0 spiro atoms. The zero-order chi connectivity index (χ0) is 26.9. The van der Waals surface area contributed by atoms with Crippen LogP contribution < -0.4 is 19.4 Å². The van der Waals surface area contributed by atoms with E-state index in [0.717, 1.165) is 58.2 Å². The fraction of sp³-hybridized carbons (Fsp3) is 0.455. The van der Waals surface area contributed by atoms with Crippen LogP contribution in [-0.2, 0) is 4.74 Å². The first-order chi connectivity index (χ1) is 18.6. The minimum Gasteiger partial charge on any atom is -0.493 e. The minimum atomic E-state index is 0.0757. The zero-order valence-electron chi connectivity index (χ0n) is 24.0. The predicted molar refractivity (Wildman–Crippen MR) is 162 cm³/mol. The molecule has 0 amide bonds. The SMILES string of the molecule is CCOc1cc(N2CCOCC2)ccc1C(c1ccc(N(CC)CC)cc1)c1ccc(N(CC)CC)cc1. The van der Waals surface area contributed by atoms with Crippen molar-refractivity contribution < 1.29 is 9.47 Å². The molecule has 5 heteroatoms. The Labute approximate surface area is 230 Å². The highest BCUT2D eigenvalue weighted by Crippen LogP contribution is 2.40. The summed E-state index contributed by atoms with van der Waals surface area (Å²) in [4.78, 5) is 7.17. The van der Waals surface area contributed by atoms with E-state index in [-0.39, 0.29) is 5.92 Å². The van der Waals surface area contributed by atoms with Crippen LogP contribution in [0.4, 0.5) is 17.1 Å². The molecule has 0 saturated carbocycles.